The highest BCUT2D eigenvalue weighted by atomic mass is 16.1. The fourth-order valence-electron chi connectivity index (χ4n) is 4.07. The predicted molar refractivity (Wildman–Crippen MR) is 118 cm³/mol. The van der Waals surface area contributed by atoms with Crippen molar-refractivity contribution in [3.05, 3.63) is 52.2 Å². The number of likely N-dealkylation sites (N-methyl/N-ethyl adjacent to an activating group) is 1. The largest absolute Gasteiger partial charge is 0.369 e. The van der Waals surface area contributed by atoms with Crippen molar-refractivity contribution in [2.75, 3.05) is 38.1 Å². The summed E-state index contributed by atoms with van der Waals surface area (Å²) in [7, 11) is 2.13. The van der Waals surface area contributed by atoms with Crippen LogP contribution in [-0.4, -0.2) is 62.7 Å². The molecule has 0 amide bonds. The Morgan fingerprint density at radius 3 is 2.67 bits per heavy atom. The molecule has 1 aliphatic heterocycles. The number of aromatic amines is 1. The summed E-state index contributed by atoms with van der Waals surface area (Å²) in [5, 5.41) is 5.23. The van der Waals surface area contributed by atoms with Gasteiger partial charge in [-0.15, -0.1) is 0 Å². The summed E-state index contributed by atoms with van der Waals surface area (Å²) < 4.78 is 1.82. The third-order valence-electron chi connectivity index (χ3n) is 5.79. The van der Waals surface area contributed by atoms with Crippen molar-refractivity contribution in [2.45, 2.75) is 20.3 Å². The van der Waals surface area contributed by atoms with Crippen LogP contribution in [0.2, 0.25) is 0 Å². The van der Waals surface area contributed by atoms with E-state index in [1.807, 2.05) is 35.8 Å². The average Bonchev–Trinajstić information content (AvgIpc) is 3.17. The summed E-state index contributed by atoms with van der Waals surface area (Å²) in [5.74, 6) is 0.475. The van der Waals surface area contributed by atoms with E-state index in [4.69, 9.17) is 4.98 Å². The molecule has 1 aliphatic rings. The second-order valence-corrected chi connectivity index (χ2v) is 7.95. The third-order valence-corrected chi connectivity index (χ3v) is 5.79. The fraction of sp³-hybridized carbons (Fsp3) is 0.364. The smallest absolute Gasteiger partial charge is 0.259 e. The first kappa shape index (κ1) is 18.7. The van der Waals surface area contributed by atoms with Gasteiger partial charge < -0.3 is 14.8 Å². The molecule has 1 fully saturated rings. The molecular weight excluding hydrogens is 378 g/mol. The van der Waals surface area contributed by atoms with Gasteiger partial charge in [-0.05, 0) is 44.7 Å². The fourth-order valence-corrected chi connectivity index (χ4v) is 4.07. The first-order valence-electron chi connectivity index (χ1n) is 10.4. The zero-order valence-corrected chi connectivity index (χ0v) is 17.5. The standard InChI is InChI=1S/C22H25N7O/c1-4-17-20-12-19(26-29(20)13-14(2)23-17)21-24-18-6-5-15(11-16(18)22(30)25-21)28-9-7-27(3)8-10-28/h5-6,11-13H,4,7-10H2,1-3H3,(H,24,25,30). The van der Waals surface area contributed by atoms with E-state index >= 15 is 0 Å². The van der Waals surface area contributed by atoms with Gasteiger partial charge >= 0.3 is 0 Å². The van der Waals surface area contributed by atoms with Gasteiger partial charge in [0.1, 0.15) is 5.69 Å². The molecule has 0 radical (unpaired) electrons. The number of fused-ring (bicyclic) bond motifs is 2. The highest BCUT2D eigenvalue weighted by Gasteiger charge is 2.17. The molecule has 8 heteroatoms. The number of rotatable bonds is 3. The van der Waals surface area contributed by atoms with Gasteiger partial charge in [-0.2, -0.15) is 5.10 Å². The van der Waals surface area contributed by atoms with E-state index in [-0.39, 0.29) is 5.56 Å². The van der Waals surface area contributed by atoms with Crippen molar-refractivity contribution in [3.63, 3.8) is 0 Å². The van der Waals surface area contributed by atoms with Gasteiger partial charge in [0.15, 0.2) is 5.82 Å². The summed E-state index contributed by atoms with van der Waals surface area (Å²) in [6, 6.07) is 7.87. The van der Waals surface area contributed by atoms with Crippen LogP contribution in [0.1, 0.15) is 18.3 Å². The summed E-state index contributed by atoms with van der Waals surface area (Å²) in [6.45, 7) is 7.98. The Morgan fingerprint density at radius 2 is 1.90 bits per heavy atom. The Hall–Kier alpha value is -3.26. The van der Waals surface area contributed by atoms with Crippen molar-refractivity contribution in [1.82, 2.24) is 29.5 Å². The van der Waals surface area contributed by atoms with Gasteiger partial charge in [0, 0.05) is 31.9 Å². The molecule has 0 unspecified atom stereocenters. The van der Waals surface area contributed by atoms with Crippen molar-refractivity contribution in [1.29, 1.82) is 0 Å². The molecule has 0 spiro atoms. The summed E-state index contributed by atoms with van der Waals surface area (Å²) in [4.78, 5) is 29.7. The van der Waals surface area contributed by atoms with Crippen LogP contribution in [0.5, 0.6) is 0 Å². The van der Waals surface area contributed by atoms with Crippen LogP contribution in [0.4, 0.5) is 5.69 Å². The van der Waals surface area contributed by atoms with Crippen LogP contribution in [-0.2, 0) is 6.42 Å². The SMILES string of the molecule is CCc1nc(C)cn2nc(-c3nc4ccc(N5CCN(C)CC5)cc4c(=O)[nH]3)cc12. The highest BCUT2D eigenvalue weighted by Crippen LogP contribution is 2.23. The van der Waals surface area contributed by atoms with Crippen LogP contribution in [0.25, 0.3) is 27.9 Å². The quantitative estimate of drug-likeness (QED) is 0.565. The topological polar surface area (TPSA) is 82.4 Å². The lowest BCUT2D eigenvalue weighted by Gasteiger charge is -2.34. The maximum absolute atomic E-state index is 12.9. The van der Waals surface area contributed by atoms with Crippen molar-refractivity contribution >= 4 is 22.1 Å². The van der Waals surface area contributed by atoms with Gasteiger partial charge in [-0.25, -0.2) is 9.50 Å². The monoisotopic (exact) mass is 403 g/mol. The molecule has 3 aromatic heterocycles. The van der Waals surface area contributed by atoms with Gasteiger partial charge in [-0.1, -0.05) is 6.92 Å². The Morgan fingerprint density at radius 1 is 1.10 bits per heavy atom. The number of aryl methyl sites for hydroxylation is 2. The van der Waals surface area contributed by atoms with Crippen molar-refractivity contribution < 1.29 is 0 Å². The van der Waals surface area contributed by atoms with Gasteiger partial charge in [0.2, 0.25) is 0 Å². The molecule has 8 nitrogen and oxygen atoms in total. The number of anilines is 1. The van der Waals surface area contributed by atoms with Crippen LogP contribution >= 0.6 is 0 Å². The zero-order valence-electron chi connectivity index (χ0n) is 17.5. The van der Waals surface area contributed by atoms with E-state index in [2.05, 4.69) is 44.9 Å². The Labute approximate surface area is 174 Å². The lowest BCUT2D eigenvalue weighted by molar-refractivity contribution is 0.313. The molecule has 1 N–H and O–H groups in total. The van der Waals surface area contributed by atoms with E-state index in [0.29, 0.717) is 22.4 Å². The number of nitrogens with one attached hydrogen (secondary N) is 1. The number of hydrogen-bond acceptors (Lipinski definition) is 6. The third kappa shape index (κ3) is 3.23. The number of H-pyrrole nitrogens is 1. The zero-order chi connectivity index (χ0) is 20.8. The second kappa shape index (κ2) is 7.21. The van der Waals surface area contributed by atoms with Crippen LogP contribution in [0, 0.1) is 6.92 Å². The van der Waals surface area contributed by atoms with E-state index in [0.717, 1.165) is 55.2 Å². The summed E-state index contributed by atoms with van der Waals surface area (Å²) in [6.07, 6.45) is 2.70. The lowest BCUT2D eigenvalue weighted by Crippen LogP contribution is -2.44. The summed E-state index contributed by atoms with van der Waals surface area (Å²) in [5.41, 5.74) is 5.06. The molecule has 0 bridgehead atoms. The second-order valence-electron chi connectivity index (χ2n) is 7.95. The Bertz CT molecular complexity index is 1300. The molecule has 1 saturated heterocycles. The van der Waals surface area contributed by atoms with E-state index < -0.39 is 0 Å². The number of aromatic nitrogens is 5. The molecule has 30 heavy (non-hydrogen) atoms. The number of piperazine rings is 1. The number of nitrogens with zero attached hydrogens (tertiary/aromatic N) is 6. The first-order chi connectivity index (χ1) is 14.5. The number of hydrogen-bond donors (Lipinski definition) is 1. The Balaban J connectivity index is 1.56. The average molecular weight is 403 g/mol. The van der Waals surface area contributed by atoms with Crippen LogP contribution < -0.4 is 10.5 Å². The molecule has 0 saturated carbocycles. The van der Waals surface area contributed by atoms with Crippen molar-refractivity contribution in [2.24, 2.45) is 0 Å². The molecular formula is C22H25N7O. The minimum atomic E-state index is -0.145. The predicted octanol–water partition coefficient (Wildman–Crippen LogP) is 2.26. The highest BCUT2D eigenvalue weighted by molar-refractivity contribution is 5.83. The van der Waals surface area contributed by atoms with Crippen molar-refractivity contribution in [3.8, 4) is 11.5 Å². The molecule has 0 aliphatic carbocycles. The minimum absolute atomic E-state index is 0.145. The van der Waals surface area contributed by atoms with E-state index in [1.165, 1.54) is 0 Å². The molecule has 4 aromatic rings. The van der Waals surface area contributed by atoms with E-state index in [1.54, 1.807) is 0 Å². The maximum atomic E-state index is 12.9. The molecule has 4 heterocycles. The van der Waals surface area contributed by atoms with E-state index in [9.17, 15) is 4.79 Å². The molecule has 5 rings (SSSR count). The van der Waals surface area contributed by atoms with Gasteiger partial charge in [-0.3, -0.25) is 9.78 Å². The normalized spacial score (nSPS) is 15.4. The maximum Gasteiger partial charge on any atom is 0.259 e. The Kier molecular flexibility index (Phi) is 4.51. The van der Waals surface area contributed by atoms with Gasteiger partial charge in [0.05, 0.1) is 34.0 Å². The molecule has 154 valence electrons. The molecule has 1 aromatic carbocycles. The van der Waals surface area contributed by atoms with Crippen LogP contribution in [0.3, 0.4) is 0 Å². The van der Waals surface area contributed by atoms with Gasteiger partial charge in [0.25, 0.3) is 5.56 Å². The minimum Gasteiger partial charge on any atom is -0.369 e. The van der Waals surface area contributed by atoms with Crippen LogP contribution in [0.15, 0.2) is 35.3 Å². The number of benzene rings is 1. The lowest BCUT2D eigenvalue weighted by atomic mass is 10.2. The first-order valence-corrected chi connectivity index (χ1v) is 10.4. The summed E-state index contributed by atoms with van der Waals surface area (Å²) >= 11 is 0. The molecule has 0 atom stereocenters.